The standard InChI is InChI=1S/C16H26N2O4S/c1-13-7-5-8-15(14(13)2)18(23(4,20)21)11-6-9-16(19)17-10-12-22-3/h5,7-8H,6,9-12H2,1-4H3,(H,17,19). The molecule has 1 rings (SSSR count). The fraction of sp³-hybridized carbons (Fsp3) is 0.562. The average Bonchev–Trinajstić information content (AvgIpc) is 2.46. The second-order valence-corrected chi connectivity index (χ2v) is 7.41. The van der Waals surface area contributed by atoms with Gasteiger partial charge in [-0.25, -0.2) is 8.42 Å². The highest BCUT2D eigenvalue weighted by Crippen LogP contribution is 2.25. The fourth-order valence-corrected chi connectivity index (χ4v) is 3.25. The van der Waals surface area contributed by atoms with Crippen LogP contribution in [0.3, 0.4) is 0 Å². The quantitative estimate of drug-likeness (QED) is 0.692. The molecule has 23 heavy (non-hydrogen) atoms. The van der Waals surface area contributed by atoms with Crippen molar-refractivity contribution in [1.29, 1.82) is 0 Å². The van der Waals surface area contributed by atoms with Crippen molar-refractivity contribution >= 4 is 21.6 Å². The number of nitrogens with zero attached hydrogens (tertiary/aromatic N) is 1. The molecule has 130 valence electrons. The van der Waals surface area contributed by atoms with Gasteiger partial charge < -0.3 is 10.1 Å². The Balaban J connectivity index is 2.71. The third kappa shape index (κ3) is 6.19. The number of hydrogen-bond donors (Lipinski definition) is 1. The monoisotopic (exact) mass is 342 g/mol. The maximum Gasteiger partial charge on any atom is 0.232 e. The van der Waals surface area contributed by atoms with Gasteiger partial charge in [-0.05, 0) is 37.5 Å². The molecule has 0 atom stereocenters. The van der Waals surface area contributed by atoms with E-state index in [1.165, 1.54) is 10.6 Å². The van der Waals surface area contributed by atoms with Gasteiger partial charge in [0.15, 0.2) is 0 Å². The van der Waals surface area contributed by atoms with Gasteiger partial charge in [-0.15, -0.1) is 0 Å². The van der Waals surface area contributed by atoms with E-state index in [9.17, 15) is 13.2 Å². The minimum Gasteiger partial charge on any atom is -0.383 e. The molecule has 0 heterocycles. The van der Waals surface area contributed by atoms with E-state index in [0.29, 0.717) is 25.3 Å². The van der Waals surface area contributed by atoms with Crippen LogP contribution in [0.1, 0.15) is 24.0 Å². The lowest BCUT2D eigenvalue weighted by Crippen LogP contribution is -2.33. The Morgan fingerprint density at radius 1 is 1.30 bits per heavy atom. The van der Waals surface area contributed by atoms with Gasteiger partial charge in [0.05, 0.1) is 18.6 Å². The Labute approximate surface area is 138 Å². The Morgan fingerprint density at radius 2 is 2.00 bits per heavy atom. The van der Waals surface area contributed by atoms with E-state index in [1.54, 1.807) is 13.2 Å². The fourth-order valence-electron chi connectivity index (χ4n) is 2.23. The van der Waals surface area contributed by atoms with E-state index < -0.39 is 10.0 Å². The smallest absolute Gasteiger partial charge is 0.232 e. The number of amides is 1. The zero-order valence-electron chi connectivity index (χ0n) is 14.3. The first-order chi connectivity index (χ1) is 10.8. The SMILES string of the molecule is COCCNC(=O)CCCN(c1cccc(C)c1C)S(C)(=O)=O. The number of rotatable bonds is 9. The van der Waals surface area contributed by atoms with E-state index in [4.69, 9.17) is 4.74 Å². The van der Waals surface area contributed by atoms with Crippen molar-refractivity contribution in [3.8, 4) is 0 Å². The molecule has 7 heteroatoms. The summed E-state index contributed by atoms with van der Waals surface area (Å²) in [5, 5.41) is 2.72. The zero-order valence-corrected chi connectivity index (χ0v) is 15.1. The Hall–Kier alpha value is -1.60. The number of benzene rings is 1. The summed E-state index contributed by atoms with van der Waals surface area (Å²) in [7, 11) is -1.82. The Morgan fingerprint density at radius 3 is 2.61 bits per heavy atom. The molecule has 1 amide bonds. The highest BCUT2D eigenvalue weighted by atomic mass is 32.2. The van der Waals surface area contributed by atoms with E-state index in [-0.39, 0.29) is 18.9 Å². The number of sulfonamides is 1. The van der Waals surface area contributed by atoms with E-state index in [0.717, 1.165) is 11.1 Å². The van der Waals surface area contributed by atoms with Gasteiger partial charge in [0, 0.05) is 26.6 Å². The van der Waals surface area contributed by atoms with Crippen LogP contribution in [-0.4, -0.2) is 47.4 Å². The number of methoxy groups -OCH3 is 1. The van der Waals surface area contributed by atoms with Crippen molar-refractivity contribution < 1.29 is 17.9 Å². The van der Waals surface area contributed by atoms with Gasteiger partial charge in [-0.3, -0.25) is 9.10 Å². The van der Waals surface area contributed by atoms with Gasteiger partial charge in [0.2, 0.25) is 15.9 Å². The first kappa shape index (κ1) is 19.4. The lowest BCUT2D eigenvalue weighted by atomic mass is 10.1. The minimum absolute atomic E-state index is 0.100. The number of carbonyl (C=O) groups is 1. The third-order valence-corrected chi connectivity index (χ3v) is 4.82. The maximum atomic E-state index is 12.1. The van der Waals surface area contributed by atoms with Crippen molar-refractivity contribution in [3.63, 3.8) is 0 Å². The van der Waals surface area contributed by atoms with Crippen LogP contribution in [0, 0.1) is 13.8 Å². The molecule has 0 saturated carbocycles. The van der Waals surface area contributed by atoms with Crippen molar-refractivity contribution in [2.75, 3.05) is 37.4 Å². The molecule has 0 aliphatic carbocycles. The molecule has 0 fully saturated rings. The summed E-state index contributed by atoms with van der Waals surface area (Å²) >= 11 is 0. The van der Waals surface area contributed by atoms with E-state index >= 15 is 0 Å². The maximum absolute atomic E-state index is 12.1. The topological polar surface area (TPSA) is 75.7 Å². The predicted molar refractivity (Wildman–Crippen MR) is 92.2 cm³/mol. The minimum atomic E-state index is -3.39. The molecular formula is C16H26N2O4S. The van der Waals surface area contributed by atoms with Gasteiger partial charge in [0.1, 0.15) is 0 Å². The van der Waals surface area contributed by atoms with E-state index in [1.807, 2.05) is 26.0 Å². The van der Waals surface area contributed by atoms with Gasteiger partial charge in [0.25, 0.3) is 0 Å². The largest absolute Gasteiger partial charge is 0.383 e. The molecule has 0 aliphatic rings. The van der Waals surface area contributed by atoms with Gasteiger partial charge in [-0.2, -0.15) is 0 Å². The average molecular weight is 342 g/mol. The molecular weight excluding hydrogens is 316 g/mol. The molecule has 0 bridgehead atoms. The van der Waals surface area contributed by atoms with Crippen LogP contribution in [0.5, 0.6) is 0 Å². The summed E-state index contributed by atoms with van der Waals surface area (Å²) < 4.78 is 30.4. The van der Waals surface area contributed by atoms with Crippen molar-refractivity contribution in [2.45, 2.75) is 26.7 Å². The van der Waals surface area contributed by atoms with Crippen molar-refractivity contribution in [2.24, 2.45) is 0 Å². The second-order valence-electron chi connectivity index (χ2n) is 5.50. The first-order valence-electron chi connectivity index (χ1n) is 7.57. The normalized spacial score (nSPS) is 11.3. The molecule has 6 nitrogen and oxygen atoms in total. The number of ether oxygens (including phenoxy) is 1. The number of anilines is 1. The lowest BCUT2D eigenvalue weighted by Gasteiger charge is -2.24. The highest BCUT2D eigenvalue weighted by molar-refractivity contribution is 7.92. The van der Waals surface area contributed by atoms with Crippen LogP contribution in [0.4, 0.5) is 5.69 Å². The molecule has 0 spiro atoms. The molecule has 1 aromatic carbocycles. The zero-order chi connectivity index (χ0) is 17.5. The molecule has 0 saturated heterocycles. The summed E-state index contributed by atoms with van der Waals surface area (Å²) in [6.07, 6.45) is 1.92. The van der Waals surface area contributed by atoms with Crippen LogP contribution >= 0.6 is 0 Å². The Bertz CT molecular complexity index is 629. The molecule has 0 unspecified atom stereocenters. The van der Waals surface area contributed by atoms with Crippen LogP contribution in [-0.2, 0) is 19.6 Å². The van der Waals surface area contributed by atoms with Crippen LogP contribution in [0.2, 0.25) is 0 Å². The van der Waals surface area contributed by atoms with Crippen molar-refractivity contribution in [3.05, 3.63) is 29.3 Å². The van der Waals surface area contributed by atoms with Crippen LogP contribution in [0.15, 0.2) is 18.2 Å². The second kappa shape index (κ2) is 8.88. The van der Waals surface area contributed by atoms with Crippen LogP contribution < -0.4 is 9.62 Å². The first-order valence-corrected chi connectivity index (χ1v) is 9.41. The summed E-state index contributed by atoms with van der Waals surface area (Å²) in [6, 6.07) is 5.58. The van der Waals surface area contributed by atoms with Gasteiger partial charge >= 0.3 is 0 Å². The Kier molecular flexibility index (Phi) is 7.51. The lowest BCUT2D eigenvalue weighted by molar-refractivity contribution is -0.121. The molecule has 1 N–H and O–H groups in total. The molecule has 1 aromatic rings. The number of nitrogens with one attached hydrogen (secondary N) is 1. The van der Waals surface area contributed by atoms with Crippen LogP contribution in [0.25, 0.3) is 0 Å². The number of hydrogen-bond acceptors (Lipinski definition) is 4. The highest BCUT2D eigenvalue weighted by Gasteiger charge is 2.19. The van der Waals surface area contributed by atoms with E-state index in [2.05, 4.69) is 5.32 Å². The molecule has 0 aromatic heterocycles. The predicted octanol–water partition coefficient (Wildman–Crippen LogP) is 1.61. The van der Waals surface area contributed by atoms with Gasteiger partial charge in [-0.1, -0.05) is 12.1 Å². The summed E-state index contributed by atoms with van der Waals surface area (Å²) in [4.78, 5) is 11.7. The summed E-state index contributed by atoms with van der Waals surface area (Å²) in [6.45, 7) is 5.05. The third-order valence-electron chi connectivity index (χ3n) is 3.64. The van der Waals surface area contributed by atoms with Crippen molar-refractivity contribution in [1.82, 2.24) is 5.32 Å². The summed E-state index contributed by atoms with van der Waals surface area (Å²) in [5.74, 6) is -0.100. The summed E-state index contributed by atoms with van der Waals surface area (Å²) in [5.41, 5.74) is 2.64. The molecule has 0 radical (unpaired) electrons. The number of carbonyl (C=O) groups excluding carboxylic acids is 1. The number of aryl methyl sites for hydroxylation is 1. The molecule has 0 aliphatic heterocycles.